The van der Waals surface area contributed by atoms with Crippen molar-refractivity contribution in [3.63, 3.8) is 0 Å². The van der Waals surface area contributed by atoms with E-state index in [1.54, 1.807) is 18.3 Å². The summed E-state index contributed by atoms with van der Waals surface area (Å²) < 4.78 is 0. The van der Waals surface area contributed by atoms with Crippen LogP contribution in [0.4, 0.5) is 5.82 Å². The van der Waals surface area contributed by atoms with Crippen LogP contribution >= 0.6 is 0 Å². The molecule has 1 aromatic heterocycles. The van der Waals surface area contributed by atoms with E-state index in [1.165, 1.54) is 11.1 Å². The van der Waals surface area contributed by atoms with Gasteiger partial charge in [-0.15, -0.1) is 0 Å². The highest BCUT2D eigenvalue weighted by Crippen LogP contribution is 2.49. The molecule has 0 radical (unpaired) electrons. The van der Waals surface area contributed by atoms with Crippen LogP contribution in [0.3, 0.4) is 0 Å². The van der Waals surface area contributed by atoms with Crippen molar-refractivity contribution < 1.29 is 10.2 Å². The number of anilines is 1. The van der Waals surface area contributed by atoms with Crippen molar-refractivity contribution in [3.05, 3.63) is 71.4 Å². The zero-order valence-electron chi connectivity index (χ0n) is 15.3. The number of hydrogen-bond donors (Lipinski definition) is 3. The van der Waals surface area contributed by atoms with E-state index in [4.69, 9.17) is 5.73 Å². The quantitative estimate of drug-likeness (QED) is 0.534. The lowest BCUT2D eigenvalue weighted by Gasteiger charge is -2.39. The maximum Gasteiger partial charge on any atom is 0.165 e. The summed E-state index contributed by atoms with van der Waals surface area (Å²) in [5, 5.41) is 20.1. The third-order valence-corrected chi connectivity index (χ3v) is 5.41. The molecular weight excluding hydrogens is 338 g/mol. The number of nitrogens with two attached hydrogens (primary N) is 1. The zero-order valence-corrected chi connectivity index (χ0v) is 15.3. The second-order valence-corrected chi connectivity index (χ2v) is 7.05. The van der Waals surface area contributed by atoms with Crippen LogP contribution in [0.5, 0.6) is 11.5 Å². The monoisotopic (exact) mass is 361 g/mol. The van der Waals surface area contributed by atoms with Gasteiger partial charge >= 0.3 is 0 Å². The molecule has 2 aliphatic rings. The van der Waals surface area contributed by atoms with Crippen molar-refractivity contribution >= 4 is 5.82 Å². The number of hydrogen-bond acceptors (Lipinski definition) is 5. The molecule has 1 aliphatic heterocycles. The Kier molecular flexibility index (Phi) is 4.46. The summed E-state index contributed by atoms with van der Waals surface area (Å²) in [5.41, 5.74) is 11.0. The van der Waals surface area contributed by atoms with E-state index in [0.29, 0.717) is 11.9 Å². The van der Waals surface area contributed by atoms with Crippen LogP contribution in [0.2, 0.25) is 0 Å². The molecule has 1 aliphatic carbocycles. The Morgan fingerprint density at radius 2 is 1.89 bits per heavy atom. The highest BCUT2D eigenvalue weighted by atomic mass is 16.3. The second-order valence-electron chi connectivity index (χ2n) is 7.05. The van der Waals surface area contributed by atoms with Crippen LogP contribution in [-0.2, 0) is 12.8 Å². The number of nitrogen functional groups attached to an aromatic ring is 1. The van der Waals surface area contributed by atoms with Crippen LogP contribution in [-0.4, -0.2) is 33.7 Å². The Morgan fingerprint density at radius 1 is 1.04 bits per heavy atom. The summed E-state index contributed by atoms with van der Waals surface area (Å²) in [5.74, 6) is 0.550. The van der Waals surface area contributed by atoms with Gasteiger partial charge in [-0.1, -0.05) is 30.3 Å². The average molecular weight is 361 g/mol. The summed E-state index contributed by atoms with van der Waals surface area (Å²) in [6.45, 7) is 1.07. The number of rotatable bonds is 0. The second kappa shape index (κ2) is 6.93. The Balaban J connectivity index is 0.000000218. The van der Waals surface area contributed by atoms with Crippen LogP contribution < -0.4 is 5.73 Å². The van der Waals surface area contributed by atoms with Crippen molar-refractivity contribution in [2.24, 2.45) is 0 Å². The summed E-state index contributed by atoms with van der Waals surface area (Å²) in [4.78, 5) is 6.14. The topological polar surface area (TPSA) is 82.6 Å². The summed E-state index contributed by atoms with van der Waals surface area (Å²) in [7, 11) is 2.16. The highest BCUT2D eigenvalue weighted by molar-refractivity contribution is 5.82. The van der Waals surface area contributed by atoms with Gasteiger partial charge in [-0.2, -0.15) is 0 Å². The Bertz CT molecular complexity index is 973. The summed E-state index contributed by atoms with van der Waals surface area (Å²) in [6.07, 6.45) is 3.60. The van der Waals surface area contributed by atoms with Crippen molar-refractivity contribution in [2.45, 2.75) is 18.9 Å². The molecule has 0 saturated carbocycles. The third-order valence-electron chi connectivity index (χ3n) is 5.41. The average Bonchev–Trinajstić information content (AvgIpc) is 2.68. The lowest BCUT2D eigenvalue weighted by molar-refractivity contribution is 0.228. The number of benzene rings is 2. The number of phenols is 2. The molecule has 2 heterocycles. The van der Waals surface area contributed by atoms with Crippen LogP contribution in [0.1, 0.15) is 22.7 Å². The number of aromatic nitrogens is 1. The standard InChI is InChI=1S/C17H17NO2.C5H6N2/c1-18-8-7-10-3-2-4-12-15(10)13(18)9-11-5-6-14(19)17(20)16(11)12;6-5-3-1-2-4-7-5/h2-6,13,19-20H,7-9H2,1H3;1-4H,(H2,6,7)/t13-;/m1./s1. The smallest absolute Gasteiger partial charge is 0.165 e. The normalized spacial score (nSPS) is 17.3. The van der Waals surface area contributed by atoms with Gasteiger partial charge in [0.25, 0.3) is 0 Å². The number of pyridine rings is 1. The molecule has 4 N–H and O–H groups in total. The number of fused-ring (bicyclic) bond motifs is 2. The Hall–Kier alpha value is -3.05. The molecule has 0 spiro atoms. The molecule has 0 bridgehead atoms. The third kappa shape index (κ3) is 3.11. The first kappa shape index (κ1) is 17.4. The van der Waals surface area contributed by atoms with Crippen molar-refractivity contribution in [1.82, 2.24) is 9.88 Å². The fourth-order valence-corrected chi connectivity index (χ4v) is 4.05. The number of likely N-dealkylation sites (N-methyl/N-ethyl adjacent to an activating group) is 1. The van der Waals surface area contributed by atoms with E-state index < -0.39 is 0 Å². The predicted octanol–water partition coefficient (Wildman–Crippen LogP) is 3.51. The van der Waals surface area contributed by atoms with Gasteiger partial charge in [-0.25, -0.2) is 4.98 Å². The van der Waals surface area contributed by atoms with E-state index in [9.17, 15) is 10.2 Å². The number of phenolic OH excluding ortho intramolecular Hbond substituents is 2. The van der Waals surface area contributed by atoms with Gasteiger partial charge in [0.1, 0.15) is 5.82 Å². The fraction of sp³-hybridized carbons (Fsp3) is 0.227. The minimum atomic E-state index is -0.0380. The van der Waals surface area contributed by atoms with Gasteiger partial charge in [-0.05, 0) is 60.3 Å². The largest absolute Gasteiger partial charge is 0.504 e. The van der Waals surface area contributed by atoms with Gasteiger partial charge in [-0.3, -0.25) is 4.90 Å². The zero-order chi connectivity index (χ0) is 19.0. The molecule has 0 amide bonds. The van der Waals surface area contributed by atoms with Gasteiger partial charge in [0.05, 0.1) is 0 Å². The number of aromatic hydroxyl groups is 2. The van der Waals surface area contributed by atoms with Crippen molar-refractivity contribution in [3.8, 4) is 22.6 Å². The fourth-order valence-electron chi connectivity index (χ4n) is 4.05. The maximum atomic E-state index is 10.3. The molecule has 5 nitrogen and oxygen atoms in total. The molecule has 5 heteroatoms. The van der Waals surface area contributed by atoms with E-state index in [1.807, 2.05) is 18.2 Å². The van der Waals surface area contributed by atoms with E-state index >= 15 is 0 Å². The molecule has 3 aromatic rings. The minimum absolute atomic E-state index is 0.0163. The molecule has 0 saturated heterocycles. The lowest BCUT2D eigenvalue weighted by Crippen LogP contribution is -2.35. The molecular formula is C22H23N3O2. The lowest BCUT2D eigenvalue weighted by atomic mass is 9.77. The molecule has 27 heavy (non-hydrogen) atoms. The molecule has 0 fully saturated rings. The first-order chi connectivity index (χ1) is 13.1. The van der Waals surface area contributed by atoms with E-state index in [0.717, 1.165) is 36.1 Å². The SMILES string of the molecule is CN1CCc2cccc3c2[C@H]1Cc1ccc(O)c(O)c1-3.Nc1ccccn1. The summed E-state index contributed by atoms with van der Waals surface area (Å²) in [6, 6.07) is 15.6. The predicted molar refractivity (Wildman–Crippen MR) is 107 cm³/mol. The Labute approximate surface area is 158 Å². The van der Waals surface area contributed by atoms with Crippen LogP contribution in [0.25, 0.3) is 11.1 Å². The Morgan fingerprint density at radius 3 is 2.59 bits per heavy atom. The maximum absolute atomic E-state index is 10.3. The van der Waals surface area contributed by atoms with Crippen LogP contribution in [0.15, 0.2) is 54.7 Å². The first-order valence-electron chi connectivity index (χ1n) is 9.09. The molecule has 2 aromatic carbocycles. The van der Waals surface area contributed by atoms with Gasteiger partial charge in [0.15, 0.2) is 11.5 Å². The van der Waals surface area contributed by atoms with Crippen molar-refractivity contribution in [1.29, 1.82) is 0 Å². The van der Waals surface area contributed by atoms with Gasteiger partial charge < -0.3 is 15.9 Å². The van der Waals surface area contributed by atoms with Gasteiger partial charge in [0, 0.05) is 24.3 Å². The van der Waals surface area contributed by atoms with Crippen LogP contribution in [0, 0.1) is 0 Å². The summed E-state index contributed by atoms with van der Waals surface area (Å²) >= 11 is 0. The molecule has 5 rings (SSSR count). The van der Waals surface area contributed by atoms with Gasteiger partial charge in [0.2, 0.25) is 0 Å². The minimum Gasteiger partial charge on any atom is -0.504 e. The van der Waals surface area contributed by atoms with E-state index in [-0.39, 0.29) is 11.5 Å². The molecule has 0 unspecified atom stereocenters. The highest BCUT2D eigenvalue weighted by Gasteiger charge is 2.34. The first-order valence-corrected chi connectivity index (χ1v) is 9.09. The van der Waals surface area contributed by atoms with Crippen molar-refractivity contribution in [2.75, 3.05) is 19.3 Å². The molecule has 1 atom stereocenters. The van der Waals surface area contributed by atoms with E-state index in [2.05, 4.69) is 35.1 Å². The molecule has 138 valence electrons. The number of nitrogens with zero attached hydrogens (tertiary/aromatic N) is 2.